The van der Waals surface area contributed by atoms with Crippen molar-refractivity contribution in [3.8, 4) is 0 Å². The van der Waals surface area contributed by atoms with Crippen LogP contribution in [-0.4, -0.2) is 24.0 Å². The summed E-state index contributed by atoms with van der Waals surface area (Å²) in [5.74, 6) is 0.162. The second-order valence-corrected chi connectivity index (χ2v) is 3.79. The van der Waals surface area contributed by atoms with E-state index in [9.17, 15) is 4.79 Å². The number of pyridine rings is 1. The predicted octanol–water partition coefficient (Wildman–Crippen LogP) is 1.86. The fourth-order valence-electron chi connectivity index (χ4n) is 1.88. The Morgan fingerprint density at radius 1 is 1.67 bits per heavy atom. The van der Waals surface area contributed by atoms with Gasteiger partial charge in [-0.1, -0.05) is 13.0 Å². The zero-order chi connectivity index (χ0) is 10.7. The first kappa shape index (κ1) is 10.3. The van der Waals surface area contributed by atoms with E-state index in [4.69, 9.17) is 4.74 Å². The number of aromatic nitrogens is 1. The Bertz CT molecular complexity index is 356. The molecule has 2 heterocycles. The maximum atomic E-state index is 12.1. The minimum absolute atomic E-state index is 0.0187. The fourth-order valence-corrected chi connectivity index (χ4v) is 1.88. The van der Waals surface area contributed by atoms with Gasteiger partial charge in [0.2, 0.25) is 0 Å². The molecule has 0 aromatic carbocycles. The number of rotatable bonds is 3. The van der Waals surface area contributed by atoms with Crippen molar-refractivity contribution in [3.63, 3.8) is 0 Å². The van der Waals surface area contributed by atoms with E-state index in [2.05, 4.69) is 4.98 Å². The smallest absolute Gasteiger partial charge is 0.186 e. The number of carbonyl (C=O) groups excluding carboxylic acids is 1. The van der Waals surface area contributed by atoms with Gasteiger partial charge in [-0.15, -0.1) is 0 Å². The van der Waals surface area contributed by atoms with Crippen molar-refractivity contribution in [2.75, 3.05) is 13.2 Å². The summed E-state index contributed by atoms with van der Waals surface area (Å²) in [5, 5.41) is 0. The number of carbonyl (C=O) groups is 1. The fraction of sp³-hybridized carbons (Fsp3) is 0.500. The topological polar surface area (TPSA) is 39.2 Å². The summed E-state index contributed by atoms with van der Waals surface area (Å²) in [6.45, 7) is 3.29. The van der Waals surface area contributed by atoms with Crippen molar-refractivity contribution in [1.82, 2.24) is 4.98 Å². The van der Waals surface area contributed by atoms with Crippen molar-refractivity contribution in [2.24, 2.45) is 5.92 Å². The van der Waals surface area contributed by atoms with E-state index < -0.39 is 0 Å². The standard InChI is InChI=1S/C12H15NO2/c1-2-9-4-3-6-13-11(9)12(14)10-5-7-15-8-10/h3-4,6,10H,2,5,7-8H2,1H3. The van der Waals surface area contributed by atoms with Gasteiger partial charge in [-0.25, -0.2) is 0 Å². The first-order chi connectivity index (χ1) is 7.33. The Balaban J connectivity index is 2.24. The Kier molecular flexibility index (Phi) is 3.11. The largest absolute Gasteiger partial charge is 0.381 e. The van der Waals surface area contributed by atoms with Crippen LogP contribution in [0.25, 0.3) is 0 Å². The number of hydrogen-bond acceptors (Lipinski definition) is 3. The number of ketones is 1. The summed E-state index contributed by atoms with van der Waals surface area (Å²) in [6, 6.07) is 3.84. The SMILES string of the molecule is CCc1cccnc1C(=O)C1CCOC1. The third-order valence-electron chi connectivity index (χ3n) is 2.81. The third kappa shape index (κ3) is 2.07. The number of aryl methyl sites for hydroxylation is 1. The summed E-state index contributed by atoms with van der Waals surface area (Å²) in [6.07, 6.45) is 3.36. The van der Waals surface area contributed by atoms with Gasteiger partial charge in [0.15, 0.2) is 5.78 Å². The molecule has 3 nitrogen and oxygen atoms in total. The third-order valence-corrected chi connectivity index (χ3v) is 2.81. The van der Waals surface area contributed by atoms with E-state index >= 15 is 0 Å². The van der Waals surface area contributed by atoms with E-state index in [-0.39, 0.29) is 11.7 Å². The first-order valence-electron chi connectivity index (χ1n) is 5.38. The quantitative estimate of drug-likeness (QED) is 0.707. The second kappa shape index (κ2) is 4.53. The highest BCUT2D eigenvalue weighted by atomic mass is 16.5. The highest BCUT2D eigenvalue weighted by Crippen LogP contribution is 2.19. The lowest BCUT2D eigenvalue weighted by Crippen LogP contribution is -2.17. The number of nitrogens with zero attached hydrogens (tertiary/aromatic N) is 1. The lowest BCUT2D eigenvalue weighted by Gasteiger charge is -2.08. The lowest BCUT2D eigenvalue weighted by atomic mass is 9.97. The van der Waals surface area contributed by atoms with Crippen LogP contribution in [-0.2, 0) is 11.2 Å². The summed E-state index contributed by atoms with van der Waals surface area (Å²) < 4.78 is 5.22. The van der Waals surface area contributed by atoms with Crippen LogP contribution >= 0.6 is 0 Å². The summed E-state index contributed by atoms with van der Waals surface area (Å²) in [5.41, 5.74) is 1.67. The van der Waals surface area contributed by atoms with E-state index in [0.29, 0.717) is 18.9 Å². The van der Waals surface area contributed by atoms with Crippen LogP contribution in [0.4, 0.5) is 0 Å². The van der Waals surface area contributed by atoms with Gasteiger partial charge in [-0.2, -0.15) is 0 Å². The molecule has 0 amide bonds. The summed E-state index contributed by atoms with van der Waals surface area (Å²) >= 11 is 0. The highest BCUT2D eigenvalue weighted by molar-refractivity contribution is 5.97. The molecular weight excluding hydrogens is 190 g/mol. The molecule has 80 valence electrons. The molecule has 1 atom stereocenters. The zero-order valence-electron chi connectivity index (χ0n) is 8.90. The number of hydrogen-bond donors (Lipinski definition) is 0. The van der Waals surface area contributed by atoms with Gasteiger partial charge >= 0.3 is 0 Å². The van der Waals surface area contributed by atoms with Gasteiger partial charge in [-0.3, -0.25) is 9.78 Å². The molecule has 1 saturated heterocycles. The molecule has 1 fully saturated rings. The van der Waals surface area contributed by atoms with Crippen LogP contribution in [0.1, 0.15) is 29.4 Å². The molecule has 3 heteroatoms. The van der Waals surface area contributed by atoms with Crippen molar-refractivity contribution in [3.05, 3.63) is 29.6 Å². The summed E-state index contributed by atoms with van der Waals surface area (Å²) in [4.78, 5) is 16.3. The normalized spacial score (nSPS) is 20.5. The van der Waals surface area contributed by atoms with Gasteiger partial charge in [-0.05, 0) is 24.5 Å². The molecule has 15 heavy (non-hydrogen) atoms. The van der Waals surface area contributed by atoms with Gasteiger partial charge in [0, 0.05) is 18.7 Å². The maximum Gasteiger partial charge on any atom is 0.186 e. The average Bonchev–Trinajstić information content (AvgIpc) is 2.81. The average molecular weight is 205 g/mol. The molecule has 0 radical (unpaired) electrons. The minimum Gasteiger partial charge on any atom is -0.381 e. The first-order valence-corrected chi connectivity index (χ1v) is 5.38. The predicted molar refractivity (Wildman–Crippen MR) is 56.9 cm³/mol. The molecule has 1 aliphatic heterocycles. The Hall–Kier alpha value is -1.22. The Morgan fingerprint density at radius 2 is 2.53 bits per heavy atom. The zero-order valence-corrected chi connectivity index (χ0v) is 8.90. The van der Waals surface area contributed by atoms with E-state index in [1.54, 1.807) is 6.20 Å². The van der Waals surface area contributed by atoms with Gasteiger partial charge in [0.05, 0.1) is 6.61 Å². The van der Waals surface area contributed by atoms with Crippen molar-refractivity contribution < 1.29 is 9.53 Å². The van der Waals surface area contributed by atoms with Crippen LogP contribution in [0.3, 0.4) is 0 Å². The van der Waals surface area contributed by atoms with E-state index in [0.717, 1.165) is 18.4 Å². The molecule has 1 unspecified atom stereocenters. The second-order valence-electron chi connectivity index (χ2n) is 3.79. The molecule has 0 saturated carbocycles. The monoisotopic (exact) mass is 205 g/mol. The van der Waals surface area contributed by atoms with Crippen LogP contribution in [0.5, 0.6) is 0 Å². The van der Waals surface area contributed by atoms with E-state index in [1.165, 1.54) is 0 Å². The molecule has 2 rings (SSSR count). The van der Waals surface area contributed by atoms with Crippen LogP contribution in [0.2, 0.25) is 0 Å². The molecule has 0 spiro atoms. The molecular formula is C12H15NO2. The molecule has 0 aliphatic carbocycles. The van der Waals surface area contributed by atoms with E-state index in [1.807, 2.05) is 19.1 Å². The van der Waals surface area contributed by atoms with Gasteiger partial charge in [0.25, 0.3) is 0 Å². The molecule has 1 aromatic rings. The molecule has 1 aromatic heterocycles. The highest BCUT2D eigenvalue weighted by Gasteiger charge is 2.26. The lowest BCUT2D eigenvalue weighted by molar-refractivity contribution is 0.0894. The van der Waals surface area contributed by atoms with Crippen LogP contribution < -0.4 is 0 Å². The Morgan fingerprint density at radius 3 is 3.20 bits per heavy atom. The van der Waals surface area contributed by atoms with Crippen molar-refractivity contribution in [2.45, 2.75) is 19.8 Å². The van der Waals surface area contributed by atoms with Crippen molar-refractivity contribution in [1.29, 1.82) is 0 Å². The number of ether oxygens (including phenoxy) is 1. The van der Waals surface area contributed by atoms with Crippen molar-refractivity contribution >= 4 is 5.78 Å². The van der Waals surface area contributed by atoms with Gasteiger partial charge in [0.1, 0.15) is 5.69 Å². The molecule has 1 aliphatic rings. The molecule has 0 N–H and O–H groups in total. The maximum absolute atomic E-state index is 12.1. The molecule has 0 bridgehead atoms. The number of Topliss-reactive ketones (excluding diaryl/α,β-unsaturated/α-hetero) is 1. The minimum atomic E-state index is 0.0187. The van der Waals surface area contributed by atoms with Crippen LogP contribution in [0, 0.1) is 5.92 Å². The van der Waals surface area contributed by atoms with Gasteiger partial charge < -0.3 is 4.74 Å². The van der Waals surface area contributed by atoms with Crippen LogP contribution in [0.15, 0.2) is 18.3 Å². The Labute approximate surface area is 89.5 Å². The summed E-state index contributed by atoms with van der Waals surface area (Å²) in [7, 11) is 0.